The van der Waals surface area contributed by atoms with Crippen LogP contribution >= 0.6 is 0 Å². The number of nitrogens with two attached hydrogens (primary N) is 1. The van der Waals surface area contributed by atoms with E-state index >= 15 is 0 Å². The molecule has 0 spiro atoms. The van der Waals surface area contributed by atoms with E-state index in [0.29, 0.717) is 22.8 Å². The topological polar surface area (TPSA) is 92.7 Å². The van der Waals surface area contributed by atoms with Crippen molar-refractivity contribution < 1.29 is 13.6 Å². The van der Waals surface area contributed by atoms with Crippen LogP contribution in [0.3, 0.4) is 0 Å². The maximum atomic E-state index is 14.8. The first-order valence-electron chi connectivity index (χ1n) is 8.96. The van der Waals surface area contributed by atoms with Gasteiger partial charge >= 0.3 is 0 Å². The number of aliphatic imine (C=N–C) groups is 1. The fourth-order valence-corrected chi connectivity index (χ4v) is 5.14. The summed E-state index contributed by atoms with van der Waals surface area (Å²) in [6.45, 7) is 5.76. The van der Waals surface area contributed by atoms with Crippen LogP contribution in [0.2, 0.25) is 0 Å². The van der Waals surface area contributed by atoms with Gasteiger partial charge in [-0.25, -0.2) is 13.8 Å². The third kappa shape index (κ3) is 4.05. The molecule has 29 heavy (non-hydrogen) atoms. The average molecular weight is 420 g/mol. The zero-order valence-corrected chi connectivity index (χ0v) is 17.5. The highest BCUT2D eigenvalue weighted by Gasteiger charge is 2.42. The van der Waals surface area contributed by atoms with E-state index in [2.05, 4.69) is 19.7 Å². The second-order valence-electron chi connectivity index (χ2n) is 7.48. The number of halogens is 2. The van der Waals surface area contributed by atoms with Crippen LogP contribution in [0.15, 0.2) is 45.9 Å². The van der Waals surface area contributed by atoms with Crippen molar-refractivity contribution in [1.29, 1.82) is 0 Å². The molecule has 1 aliphatic heterocycles. The molecule has 1 unspecified atom stereocenters. The van der Waals surface area contributed by atoms with Gasteiger partial charge < -0.3 is 11.1 Å². The SMILES string of the molecule is CN=S1C[C@@](C)(c2cc(NC(=O)c3ccc(F)cn3)ccc2F)N=C(N)C1(C)C. The molecule has 2 atom stereocenters. The molecular formula is C20H23F2N5OS. The first kappa shape index (κ1) is 21.0. The molecule has 3 N–H and O–H groups in total. The molecule has 0 saturated heterocycles. The Morgan fingerprint density at radius 1 is 1.24 bits per heavy atom. The fraction of sp³-hybridized carbons (Fsp3) is 0.350. The number of rotatable bonds is 3. The highest BCUT2D eigenvalue weighted by Crippen LogP contribution is 2.37. The summed E-state index contributed by atoms with van der Waals surface area (Å²) < 4.78 is 31.8. The Balaban J connectivity index is 1.96. The Kier molecular flexibility index (Phi) is 5.53. The van der Waals surface area contributed by atoms with Crippen LogP contribution in [0.25, 0.3) is 0 Å². The number of anilines is 1. The van der Waals surface area contributed by atoms with Crippen molar-refractivity contribution in [3.05, 3.63) is 59.4 Å². The molecule has 3 rings (SSSR count). The van der Waals surface area contributed by atoms with E-state index in [9.17, 15) is 13.6 Å². The normalized spacial score (nSPS) is 23.5. The number of hydrogen-bond donors (Lipinski definition) is 2. The van der Waals surface area contributed by atoms with Gasteiger partial charge in [0.1, 0.15) is 23.2 Å². The summed E-state index contributed by atoms with van der Waals surface area (Å²) in [5.41, 5.74) is 6.05. The molecule has 0 saturated carbocycles. The van der Waals surface area contributed by atoms with Gasteiger partial charge in [0.15, 0.2) is 0 Å². The van der Waals surface area contributed by atoms with Gasteiger partial charge in [0, 0.05) is 24.1 Å². The first-order valence-corrected chi connectivity index (χ1v) is 10.3. The molecule has 1 aliphatic rings. The van der Waals surface area contributed by atoms with E-state index in [1.807, 2.05) is 20.8 Å². The molecule has 1 aromatic heterocycles. The molecule has 0 aliphatic carbocycles. The Morgan fingerprint density at radius 3 is 2.59 bits per heavy atom. The lowest BCUT2D eigenvalue weighted by atomic mass is 9.92. The highest BCUT2D eigenvalue weighted by molar-refractivity contribution is 7.89. The molecule has 1 aromatic carbocycles. The maximum absolute atomic E-state index is 14.8. The Hall–Kier alpha value is -2.68. The van der Waals surface area contributed by atoms with Crippen molar-refractivity contribution in [1.82, 2.24) is 4.98 Å². The lowest BCUT2D eigenvalue weighted by Gasteiger charge is -2.40. The van der Waals surface area contributed by atoms with Crippen LogP contribution in [0.4, 0.5) is 14.5 Å². The van der Waals surface area contributed by atoms with Crippen LogP contribution in [-0.4, -0.2) is 34.3 Å². The summed E-state index contributed by atoms with van der Waals surface area (Å²) in [7, 11) is 1.28. The highest BCUT2D eigenvalue weighted by atomic mass is 32.2. The number of nitrogens with zero attached hydrogens (tertiary/aromatic N) is 3. The van der Waals surface area contributed by atoms with Gasteiger partial charge in [0.2, 0.25) is 0 Å². The lowest BCUT2D eigenvalue weighted by molar-refractivity contribution is 0.102. The zero-order chi connectivity index (χ0) is 21.4. The third-order valence-electron chi connectivity index (χ3n) is 4.98. The monoisotopic (exact) mass is 419 g/mol. The largest absolute Gasteiger partial charge is 0.386 e. The van der Waals surface area contributed by atoms with E-state index in [4.69, 9.17) is 5.73 Å². The number of amidine groups is 1. The van der Waals surface area contributed by atoms with Gasteiger partial charge in [-0.1, -0.05) is 10.7 Å². The quantitative estimate of drug-likeness (QED) is 0.798. The van der Waals surface area contributed by atoms with Crippen molar-refractivity contribution >= 4 is 28.1 Å². The minimum absolute atomic E-state index is 0.0523. The summed E-state index contributed by atoms with van der Waals surface area (Å²) >= 11 is 0. The van der Waals surface area contributed by atoms with Crippen molar-refractivity contribution in [2.75, 3.05) is 18.1 Å². The number of hydrogen-bond acceptors (Lipinski definition) is 5. The molecule has 2 aromatic rings. The van der Waals surface area contributed by atoms with Gasteiger partial charge in [-0.05, 0) is 51.1 Å². The minimum atomic E-state index is -0.916. The maximum Gasteiger partial charge on any atom is 0.274 e. The fourth-order valence-electron chi connectivity index (χ4n) is 3.15. The Bertz CT molecular complexity index is 1020. The Morgan fingerprint density at radius 2 is 1.97 bits per heavy atom. The average Bonchev–Trinajstić information content (AvgIpc) is 2.67. The van der Waals surface area contributed by atoms with Gasteiger partial charge in [-0.2, -0.15) is 0 Å². The minimum Gasteiger partial charge on any atom is -0.386 e. The van der Waals surface area contributed by atoms with Crippen LogP contribution < -0.4 is 11.1 Å². The third-order valence-corrected chi connectivity index (χ3v) is 7.64. The molecule has 0 radical (unpaired) electrons. The van der Waals surface area contributed by atoms with Gasteiger partial charge in [0.25, 0.3) is 5.91 Å². The molecule has 1 amide bonds. The number of aromatic nitrogens is 1. The number of carbonyl (C=O) groups is 1. The molecular weight excluding hydrogens is 396 g/mol. The molecule has 6 nitrogen and oxygen atoms in total. The number of nitrogens with one attached hydrogen (secondary N) is 1. The van der Waals surface area contributed by atoms with E-state index in [-0.39, 0.29) is 5.69 Å². The molecule has 9 heteroatoms. The predicted molar refractivity (Wildman–Crippen MR) is 112 cm³/mol. The number of amides is 1. The van der Waals surface area contributed by atoms with E-state index in [0.717, 1.165) is 12.3 Å². The second kappa shape index (κ2) is 7.62. The summed E-state index contributed by atoms with van der Waals surface area (Å²) in [6, 6.07) is 6.70. The lowest BCUT2D eigenvalue weighted by Crippen LogP contribution is -2.51. The van der Waals surface area contributed by atoms with Crippen LogP contribution in [-0.2, 0) is 16.2 Å². The Labute approximate surface area is 170 Å². The van der Waals surface area contributed by atoms with Gasteiger partial charge in [-0.3, -0.25) is 14.1 Å². The smallest absolute Gasteiger partial charge is 0.274 e. The molecule has 2 heterocycles. The first-order chi connectivity index (χ1) is 13.6. The summed E-state index contributed by atoms with van der Waals surface area (Å²) in [4.78, 5) is 20.7. The molecule has 154 valence electrons. The molecule has 0 fully saturated rings. The van der Waals surface area contributed by atoms with E-state index in [1.54, 1.807) is 13.1 Å². The standard InChI is InChI=1S/C20H23F2N5OS/c1-19(2)18(23)27-20(3,11-29(19)24-4)14-9-13(6-7-15(14)22)26-17(28)16-8-5-12(21)10-25-16/h5-10H,11H2,1-4H3,(H2,23,27)(H,26,28)/t20-,29?/m0/s1. The van der Waals surface area contributed by atoms with Crippen LogP contribution in [0.5, 0.6) is 0 Å². The van der Waals surface area contributed by atoms with Crippen molar-refractivity contribution in [2.24, 2.45) is 15.1 Å². The summed E-state index contributed by atoms with van der Waals surface area (Å²) in [6.07, 6.45) is 0.961. The second-order valence-corrected chi connectivity index (χ2v) is 9.89. The van der Waals surface area contributed by atoms with Gasteiger partial charge in [0.05, 0.1) is 16.5 Å². The predicted octanol–water partition coefficient (Wildman–Crippen LogP) is 3.41. The van der Waals surface area contributed by atoms with Crippen LogP contribution in [0, 0.1) is 11.6 Å². The van der Waals surface area contributed by atoms with Crippen molar-refractivity contribution in [3.63, 3.8) is 0 Å². The van der Waals surface area contributed by atoms with Gasteiger partial charge in [-0.15, -0.1) is 0 Å². The number of carbonyl (C=O) groups excluding carboxylic acids is 1. The number of pyridine rings is 1. The zero-order valence-electron chi connectivity index (χ0n) is 16.7. The van der Waals surface area contributed by atoms with Crippen molar-refractivity contribution in [2.45, 2.75) is 31.1 Å². The summed E-state index contributed by atoms with van der Waals surface area (Å²) in [5.74, 6) is -0.578. The summed E-state index contributed by atoms with van der Waals surface area (Å²) in [5, 5.41) is 2.66. The number of benzene rings is 1. The van der Waals surface area contributed by atoms with Crippen molar-refractivity contribution in [3.8, 4) is 0 Å². The molecule has 0 bridgehead atoms. The van der Waals surface area contributed by atoms with E-state index < -0.39 is 38.5 Å². The van der Waals surface area contributed by atoms with E-state index in [1.165, 1.54) is 18.2 Å². The van der Waals surface area contributed by atoms with Crippen LogP contribution in [0.1, 0.15) is 36.8 Å².